The average Bonchev–Trinajstić information content (AvgIpc) is 3.51. The highest BCUT2D eigenvalue weighted by atomic mass is 19.4. The van der Waals surface area contributed by atoms with Crippen molar-refractivity contribution in [2.75, 3.05) is 0 Å². The smallest absolute Gasteiger partial charge is 0.407 e. The lowest BCUT2D eigenvalue weighted by Gasteiger charge is -2.30. The van der Waals surface area contributed by atoms with Crippen LogP contribution in [0, 0.1) is 5.41 Å². The Labute approximate surface area is 220 Å². The van der Waals surface area contributed by atoms with Crippen molar-refractivity contribution in [3.63, 3.8) is 0 Å². The Bertz CT molecular complexity index is 1140. The molecule has 1 fully saturated rings. The Morgan fingerprint density at radius 1 is 0.947 bits per heavy atom. The molecule has 6 nitrogen and oxygen atoms in total. The molecule has 3 rings (SSSR count). The molecule has 2 aromatic rings. The van der Waals surface area contributed by atoms with Gasteiger partial charge in [0.05, 0.1) is 17.1 Å². The van der Waals surface area contributed by atoms with E-state index in [4.69, 9.17) is 5.73 Å². The number of carboxylic acids is 1. The fourth-order valence-corrected chi connectivity index (χ4v) is 4.15. The number of nitrogens with two attached hydrogens (primary N) is 1. The molecule has 1 amide bonds. The normalized spacial score (nSPS) is 17.0. The number of nitrogens with one attached hydrogen (secondary N) is 2. The molecule has 0 aliphatic heterocycles. The van der Waals surface area contributed by atoms with Gasteiger partial charge in [-0.05, 0) is 69.2 Å². The number of rotatable bonds is 11. The monoisotopic (exact) mass is 537 g/mol. The van der Waals surface area contributed by atoms with Gasteiger partial charge in [-0.15, -0.1) is 0 Å². The van der Waals surface area contributed by atoms with Gasteiger partial charge in [-0.1, -0.05) is 48.5 Å². The number of carbonyl (C=O) groups is 2. The number of halogens is 4. The van der Waals surface area contributed by atoms with Crippen LogP contribution in [0.5, 0.6) is 0 Å². The minimum atomic E-state index is -4.75. The Morgan fingerprint density at radius 3 is 1.87 bits per heavy atom. The van der Waals surface area contributed by atoms with E-state index in [-0.39, 0.29) is 5.56 Å². The molecule has 1 aliphatic carbocycles. The van der Waals surface area contributed by atoms with Crippen molar-refractivity contribution < 1.29 is 32.3 Å². The van der Waals surface area contributed by atoms with Crippen LogP contribution in [0.2, 0.25) is 0 Å². The maximum atomic E-state index is 14.4. The fraction of sp³-hybridized carbons (Fsp3) is 0.500. The second-order valence-corrected chi connectivity index (χ2v) is 11.4. The second kappa shape index (κ2) is 10.6. The van der Waals surface area contributed by atoms with Crippen LogP contribution < -0.4 is 16.4 Å². The summed E-state index contributed by atoms with van der Waals surface area (Å²) >= 11 is 0. The van der Waals surface area contributed by atoms with Gasteiger partial charge in [0.2, 0.25) is 5.91 Å². The highest BCUT2D eigenvalue weighted by Crippen LogP contribution is 2.36. The molecule has 0 bridgehead atoms. The van der Waals surface area contributed by atoms with Crippen molar-refractivity contribution in [2.24, 2.45) is 11.1 Å². The third kappa shape index (κ3) is 8.01. The van der Waals surface area contributed by atoms with E-state index < -0.39 is 53.3 Å². The quantitative estimate of drug-likeness (QED) is 0.231. The molecule has 0 heterocycles. The lowest BCUT2D eigenvalue weighted by Crippen LogP contribution is -2.55. The summed E-state index contributed by atoms with van der Waals surface area (Å²) in [7, 11) is 0. The van der Waals surface area contributed by atoms with Crippen LogP contribution in [0.15, 0.2) is 48.5 Å². The van der Waals surface area contributed by atoms with Gasteiger partial charge in [0.1, 0.15) is 11.7 Å². The summed E-state index contributed by atoms with van der Waals surface area (Å²) in [5, 5.41) is 14.2. The predicted molar refractivity (Wildman–Crippen MR) is 137 cm³/mol. The van der Waals surface area contributed by atoms with Gasteiger partial charge < -0.3 is 16.2 Å². The van der Waals surface area contributed by atoms with Gasteiger partial charge in [0.15, 0.2) is 0 Å². The summed E-state index contributed by atoms with van der Waals surface area (Å²) in [6.45, 7) is 5.68. The molecule has 0 unspecified atom stereocenters. The van der Waals surface area contributed by atoms with Gasteiger partial charge in [-0.25, -0.2) is 4.39 Å². The molecule has 38 heavy (non-hydrogen) atoms. The molecule has 0 saturated heterocycles. The molecule has 1 aliphatic rings. The van der Waals surface area contributed by atoms with Crippen LogP contribution in [0.4, 0.5) is 17.6 Å². The molecule has 10 heteroatoms. The number of hydrogen-bond donors (Lipinski definition) is 4. The predicted octanol–water partition coefficient (Wildman–Crippen LogP) is 5.27. The lowest BCUT2D eigenvalue weighted by molar-refractivity contribution is -0.161. The van der Waals surface area contributed by atoms with Crippen LogP contribution in [-0.4, -0.2) is 40.5 Å². The Hall–Kier alpha value is -2.98. The first-order valence-electron chi connectivity index (χ1n) is 12.4. The van der Waals surface area contributed by atoms with Gasteiger partial charge in [0, 0.05) is 6.42 Å². The van der Waals surface area contributed by atoms with Crippen LogP contribution in [0.25, 0.3) is 11.1 Å². The molecule has 0 spiro atoms. The highest BCUT2D eigenvalue weighted by Gasteiger charge is 2.46. The molecular weight excluding hydrogens is 502 g/mol. The van der Waals surface area contributed by atoms with E-state index in [0.29, 0.717) is 24.8 Å². The number of carbonyl (C=O) groups excluding carboxylic acids is 1. The summed E-state index contributed by atoms with van der Waals surface area (Å²) in [4.78, 5) is 24.1. The van der Waals surface area contributed by atoms with Gasteiger partial charge in [-0.3, -0.25) is 14.9 Å². The van der Waals surface area contributed by atoms with E-state index in [1.165, 1.54) is 26.0 Å². The number of aliphatic carboxylic acids is 1. The number of carboxylic acid groups (broad SMARTS) is 1. The zero-order valence-corrected chi connectivity index (χ0v) is 22.0. The van der Waals surface area contributed by atoms with Crippen molar-refractivity contribution in [3.8, 4) is 11.1 Å². The average molecular weight is 538 g/mol. The first kappa shape index (κ1) is 29.6. The third-order valence-electron chi connectivity index (χ3n) is 6.62. The molecule has 5 N–H and O–H groups in total. The molecule has 208 valence electrons. The standard InChI is InChI=1S/C28H35F4N3O3/c1-25(2,24(37)38)15-17-5-7-18(8-6-17)19-9-11-20(12-10-19)22(28(30,31)32)34-21(16-26(3,4)29)23(36)35-27(33)13-14-27/h5-12,21-22,34H,13-16,33H2,1-4H3,(H,35,36)(H,37,38)/t21-,22-/m0/s1. The maximum absolute atomic E-state index is 14.4. The molecule has 2 atom stereocenters. The van der Waals surface area contributed by atoms with Crippen molar-refractivity contribution in [1.82, 2.24) is 10.6 Å². The SMILES string of the molecule is CC(C)(F)C[C@H](N[C@@H](c1ccc(-c2ccc(CC(C)(C)C(=O)O)cc2)cc1)C(F)(F)F)C(=O)NC1(N)CC1. The Balaban J connectivity index is 1.80. The van der Waals surface area contributed by atoms with Crippen molar-refractivity contribution in [1.29, 1.82) is 0 Å². The van der Waals surface area contributed by atoms with Crippen LogP contribution in [0.1, 0.15) is 64.1 Å². The summed E-state index contributed by atoms with van der Waals surface area (Å²) in [6.07, 6.45) is -3.88. The minimum Gasteiger partial charge on any atom is -0.481 e. The largest absolute Gasteiger partial charge is 0.481 e. The molecule has 2 aromatic carbocycles. The zero-order chi connectivity index (χ0) is 28.5. The number of amides is 1. The van der Waals surface area contributed by atoms with E-state index in [9.17, 15) is 32.3 Å². The summed E-state index contributed by atoms with van der Waals surface area (Å²) in [5.41, 5.74) is 4.23. The fourth-order valence-electron chi connectivity index (χ4n) is 4.15. The van der Waals surface area contributed by atoms with Crippen LogP contribution in [-0.2, 0) is 16.0 Å². The summed E-state index contributed by atoms with van der Waals surface area (Å²) in [6, 6.07) is 9.22. The summed E-state index contributed by atoms with van der Waals surface area (Å²) in [5.74, 6) is -1.68. The minimum absolute atomic E-state index is 0.121. The zero-order valence-electron chi connectivity index (χ0n) is 22.0. The first-order valence-corrected chi connectivity index (χ1v) is 12.4. The second-order valence-electron chi connectivity index (χ2n) is 11.4. The molecule has 1 saturated carbocycles. The van der Waals surface area contributed by atoms with Crippen molar-refractivity contribution in [2.45, 2.75) is 83.0 Å². The molecule has 0 aromatic heterocycles. The molecular formula is C28H35F4N3O3. The molecule has 0 radical (unpaired) electrons. The number of alkyl halides is 4. The van der Waals surface area contributed by atoms with Crippen molar-refractivity contribution in [3.05, 3.63) is 59.7 Å². The highest BCUT2D eigenvalue weighted by molar-refractivity contribution is 5.83. The lowest BCUT2D eigenvalue weighted by atomic mass is 9.85. The van der Waals surface area contributed by atoms with E-state index in [1.54, 1.807) is 50.2 Å². The summed E-state index contributed by atoms with van der Waals surface area (Å²) < 4.78 is 56.8. The third-order valence-corrected chi connectivity index (χ3v) is 6.62. The number of hydrogen-bond acceptors (Lipinski definition) is 4. The van der Waals surface area contributed by atoms with E-state index in [1.807, 2.05) is 0 Å². The van der Waals surface area contributed by atoms with E-state index in [0.717, 1.165) is 11.1 Å². The topological polar surface area (TPSA) is 104 Å². The number of benzene rings is 2. The van der Waals surface area contributed by atoms with Gasteiger partial charge in [-0.2, -0.15) is 13.2 Å². The van der Waals surface area contributed by atoms with Crippen LogP contribution >= 0.6 is 0 Å². The van der Waals surface area contributed by atoms with E-state index >= 15 is 0 Å². The van der Waals surface area contributed by atoms with Crippen molar-refractivity contribution >= 4 is 11.9 Å². The van der Waals surface area contributed by atoms with E-state index in [2.05, 4.69) is 10.6 Å². The van der Waals surface area contributed by atoms with Gasteiger partial charge in [0.25, 0.3) is 0 Å². The first-order chi connectivity index (χ1) is 17.4. The Kier molecular flexibility index (Phi) is 8.29. The maximum Gasteiger partial charge on any atom is 0.407 e. The Morgan fingerprint density at radius 2 is 1.45 bits per heavy atom. The van der Waals surface area contributed by atoms with Gasteiger partial charge >= 0.3 is 12.1 Å². The van der Waals surface area contributed by atoms with Crippen LogP contribution in [0.3, 0.4) is 0 Å².